The van der Waals surface area contributed by atoms with E-state index in [0.29, 0.717) is 17.3 Å². The number of aromatic nitrogens is 4. The molecule has 0 saturated heterocycles. The molecule has 3 rings (SSSR count). The summed E-state index contributed by atoms with van der Waals surface area (Å²) in [5, 5.41) is 4.19. The van der Waals surface area contributed by atoms with E-state index in [9.17, 15) is 4.79 Å². The number of rotatable bonds is 6. The van der Waals surface area contributed by atoms with Crippen LogP contribution < -0.4 is 5.32 Å². The molecule has 2 aromatic heterocycles. The Balaban J connectivity index is 2.06. The second-order valence-corrected chi connectivity index (χ2v) is 6.50. The Morgan fingerprint density at radius 1 is 1.19 bits per heavy atom. The van der Waals surface area contributed by atoms with Crippen molar-refractivity contribution >= 4 is 22.6 Å². The molecule has 26 heavy (non-hydrogen) atoms. The Labute approximate surface area is 152 Å². The zero-order chi connectivity index (χ0) is 18.7. The van der Waals surface area contributed by atoms with Crippen molar-refractivity contribution in [3.63, 3.8) is 0 Å². The Hall–Kier alpha value is -3.00. The summed E-state index contributed by atoms with van der Waals surface area (Å²) in [5.41, 5.74) is 1.38. The van der Waals surface area contributed by atoms with Gasteiger partial charge in [0.15, 0.2) is 0 Å². The molecule has 0 bridgehead atoms. The molecular formula is C18H23N7O. The van der Waals surface area contributed by atoms with Gasteiger partial charge in [0.05, 0.1) is 5.52 Å². The fourth-order valence-corrected chi connectivity index (χ4v) is 2.53. The molecule has 3 aromatic rings. The third-order valence-electron chi connectivity index (χ3n) is 3.92. The minimum absolute atomic E-state index is 0.0511. The number of hydrogen-bond donors (Lipinski definition) is 1. The second-order valence-electron chi connectivity index (χ2n) is 6.50. The van der Waals surface area contributed by atoms with Gasteiger partial charge in [0.2, 0.25) is 5.95 Å². The smallest absolute Gasteiger partial charge is 0.253 e. The Kier molecular flexibility index (Phi) is 5.13. The largest absolute Gasteiger partial charge is 0.368 e. The summed E-state index contributed by atoms with van der Waals surface area (Å²) in [4.78, 5) is 29.3. The maximum absolute atomic E-state index is 12.3. The van der Waals surface area contributed by atoms with E-state index in [0.717, 1.165) is 24.0 Å². The van der Waals surface area contributed by atoms with E-state index in [-0.39, 0.29) is 5.91 Å². The molecule has 1 amide bonds. The number of amides is 1. The number of carbonyl (C=O) groups is 1. The van der Waals surface area contributed by atoms with E-state index < -0.39 is 0 Å². The average Bonchev–Trinajstić information content (AvgIpc) is 3.14. The van der Waals surface area contributed by atoms with Crippen LogP contribution in [0.5, 0.6) is 0 Å². The molecule has 0 aliphatic heterocycles. The first-order valence-electron chi connectivity index (χ1n) is 8.36. The number of anilines is 1. The van der Waals surface area contributed by atoms with Gasteiger partial charge in [-0.05, 0) is 32.3 Å². The van der Waals surface area contributed by atoms with E-state index >= 15 is 0 Å². The maximum Gasteiger partial charge on any atom is 0.253 e. The summed E-state index contributed by atoms with van der Waals surface area (Å²) in [6, 6.07) is 5.48. The number of nitrogens with one attached hydrogen (secondary N) is 1. The van der Waals surface area contributed by atoms with Crippen molar-refractivity contribution in [2.75, 3.05) is 46.6 Å². The highest BCUT2D eigenvalue weighted by molar-refractivity contribution is 6.00. The molecule has 2 heterocycles. The number of nitrogens with zero attached hydrogens (tertiary/aromatic N) is 6. The SMILES string of the molecule is CN(C)CCNc1nc(-n2ccnc2)nc2ccc(C(=O)N(C)C)cc12. The van der Waals surface area contributed by atoms with Gasteiger partial charge in [0, 0.05) is 50.5 Å². The van der Waals surface area contributed by atoms with Crippen LogP contribution in [0.15, 0.2) is 36.9 Å². The fraction of sp³-hybridized carbons (Fsp3) is 0.333. The molecular weight excluding hydrogens is 330 g/mol. The lowest BCUT2D eigenvalue weighted by Crippen LogP contribution is -2.22. The summed E-state index contributed by atoms with van der Waals surface area (Å²) in [6.07, 6.45) is 5.15. The normalized spacial score (nSPS) is 11.1. The lowest BCUT2D eigenvalue weighted by atomic mass is 10.1. The molecule has 0 aliphatic rings. The van der Waals surface area contributed by atoms with Crippen LogP contribution in [0.4, 0.5) is 5.82 Å². The van der Waals surface area contributed by atoms with Crippen LogP contribution in [0.2, 0.25) is 0 Å². The van der Waals surface area contributed by atoms with Gasteiger partial charge in [-0.3, -0.25) is 9.36 Å². The highest BCUT2D eigenvalue weighted by atomic mass is 16.2. The molecule has 0 aliphatic carbocycles. The van der Waals surface area contributed by atoms with Gasteiger partial charge in [-0.2, -0.15) is 4.98 Å². The predicted molar refractivity (Wildman–Crippen MR) is 102 cm³/mol. The summed E-state index contributed by atoms with van der Waals surface area (Å²) in [6.45, 7) is 1.59. The summed E-state index contributed by atoms with van der Waals surface area (Å²) >= 11 is 0. The highest BCUT2D eigenvalue weighted by Gasteiger charge is 2.13. The molecule has 0 radical (unpaired) electrons. The van der Waals surface area contributed by atoms with Gasteiger partial charge >= 0.3 is 0 Å². The van der Waals surface area contributed by atoms with Gasteiger partial charge < -0.3 is 15.1 Å². The molecule has 1 aromatic carbocycles. The van der Waals surface area contributed by atoms with Crippen molar-refractivity contribution in [2.24, 2.45) is 0 Å². The van der Waals surface area contributed by atoms with Crippen LogP contribution in [-0.2, 0) is 0 Å². The lowest BCUT2D eigenvalue weighted by molar-refractivity contribution is 0.0828. The van der Waals surface area contributed by atoms with Gasteiger partial charge in [-0.25, -0.2) is 9.97 Å². The topological polar surface area (TPSA) is 79.2 Å². The first-order valence-corrected chi connectivity index (χ1v) is 8.36. The first kappa shape index (κ1) is 17.8. The van der Waals surface area contributed by atoms with Crippen molar-refractivity contribution in [1.29, 1.82) is 0 Å². The maximum atomic E-state index is 12.3. The molecule has 0 unspecified atom stereocenters. The molecule has 0 spiro atoms. The molecule has 0 fully saturated rings. The molecule has 1 N–H and O–H groups in total. The van der Waals surface area contributed by atoms with E-state index in [1.54, 1.807) is 48.3 Å². The minimum atomic E-state index is -0.0511. The Bertz CT molecular complexity index is 903. The van der Waals surface area contributed by atoms with Crippen LogP contribution in [0.1, 0.15) is 10.4 Å². The third-order valence-corrected chi connectivity index (χ3v) is 3.92. The Morgan fingerprint density at radius 2 is 2.00 bits per heavy atom. The van der Waals surface area contributed by atoms with Crippen LogP contribution in [0.3, 0.4) is 0 Å². The molecule has 0 saturated carbocycles. The number of likely N-dealkylation sites (N-methyl/N-ethyl adjacent to an activating group) is 1. The van der Waals surface area contributed by atoms with E-state index in [1.807, 2.05) is 26.2 Å². The van der Waals surface area contributed by atoms with Crippen LogP contribution in [0.25, 0.3) is 16.9 Å². The van der Waals surface area contributed by atoms with Crippen LogP contribution in [0, 0.1) is 0 Å². The van der Waals surface area contributed by atoms with Crippen LogP contribution in [-0.4, -0.2) is 76.5 Å². The summed E-state index contributed by atoms with van der Waals surface area (Å²) in [5.74, 6) is 1.19. The molecule has 0 atom stereocenters. The van der Waals surface area contributed by atoms with Crippen molar-refractivity contribution in [3.8, 4) is 5.95 Å². The Morgan fingerprint density at radius 3 is 2.65 bits per heavy atom. The van der Waals surface area contributed by atoms with E-state index in [1.165, 1.54) is 0 Å². The standard InChI is InChI=1S/C18H23N7O/c1-23(2)9-8-20-16-14-11-13(17(26)24(3)4)5-6-15(14)21-18(22-16)25-10-7-19-12-25/h5-7,10-12H,8-9H2,1-4H3,(H,20,21,22). The van der Waals surface area contributed by atoms with Crippen molar-refractivity contribution in [1.82, 2.24) is 29.3 Å². The highest BCUT2D eigenvalue weighted by Crippen LogP contribution is 2.23. The molecule has 8 heteroatoms. The van der Waals surface area contributed by atoms with Crippen LogP contribution >= 0.6 is 0 Å². The number of benzene rings is 1. The molecule has 8 nitrogen and oxygen atoms in total. The number of carbonyl (C=O) groups excluding carboxylic acids is 1. The number of fused-ring (bicyclic) bond motifs is 1. The van der Waals surface area contributed by atoms with Gasteiger partial charge in [-0.1, -0.05) is 0 Å². The summed E-state index contributed by atoms with van der Waals surface area (Å²) < 4.78 is 1.76. The van der Waals surface area contributed by atoms with Crippen molar-refractivity contribution < 1.29 is 4.79 Å². The van der Waals surface area contributed by atoms with E-state index in [4.69, 9.17) is 0 Å². The van der Waals surface area contributed by atoms with Gasteiger partial charge in [0.1, 0.15) is 12.1 Å². The van der Waals surface area contributed by atoms with Gasteiger partial charge in [-0.15, -0.1) is 0 Å². The van der Waals surface area contributed by atoms with Gasteiger partial charge in [0.25, 0.3) is 5.91 Å². The fourth-order valence-electron chi connectivity index (χ4n) is 2.53. The monoisotopic (exact) mass is 353 g/mol. The minimum Gasteiger partial charge on any atom is -0.368 e. The average molecular weight is 353 g/mol. The second kappa shape index (κ2) is 7.49. The number of imidazole rings is 1. The molecule has 136 valence electrons. The quantitative estimate of drug-likeness (QED) is 0.723. The van der Waals surface area contributed by atoms with Crippen molar-refractivity contribution in [3.05, 3.63) is 42.5 Å². The van der Waals surface area contributed by atoms with Crippen molar-refractivity contribution in [2.45, 2.75) is 0 Å². The third kappa shape index (κ3) is 3.80. The summed E-state index contributed by atoms with van der Waals surface area (Å²) in [7, 11) is 7.51. The lowest BCUT2D eigenvalue weighted by Gasteiger charge is -2.15. The zero-order valence-corrected chi connectivity index (χ0v) is 15.5. The predicted octanol–water partition coefficient (Wildman–Crippen LogP) is 1.49. The zero-order valence-electron chi connectivity index (χ0n) is 15.5. The first-order chi connectivity index (χ1) is 12.5. The van der Waals surface area contributed by atoms with E-state index in [2.05, 4.69) is 25.2 Å². The number of hydrogen-bond acceptors (Lipinski definition) is 6.